The molecule has 1 N–H and O–H groups in total. The van der Waals surface area contributed by atoms with Crippen LogP contribution in [0.25, 0.3) is 0 Å². The molecule has 4 atom stereocenters. The Labute approximate surface area is 158 Å². The lowest BCUT2D eigenvalue weighted by atomic mass is 9.77. The Balaban J connectivity index is 2.44. The van der Waals surface area contributed by atoms with Crippen LogP contribution in [-0.4, -0.2) is 29.0 Å². The molecule has 2 saturated carbocycles. The van der Waals surface area contributed by atoms with Crippen molar-refractivity contribution < 1.29 is 53.4 Å². The number of rotatable bonds is 6. The maximum Gasteiger partial charge on any atom is 0.426 e. The summed E-state index contributed by atoms with van der Waals surface area (Å²) in [5.41, 5.74) is -6.12. The van der Waals surface area contributed by atoms with Crippen molar-refractivity contribution in [2.75, 3.05) is 0 Å². The third kappa shape index (κ3) is 4.27. The fourth-order valence-corrected chi connectivity index (χ4v) is 4.33. The van der Waals surface area contributed by atoms with Crippen molar-refractivity contribution >= 4 is 0 Å². The van der Waals surface area contributed by atoms with E-state index < -0.39 is 48.1 Å². The van der Waals surface area contributed by atoms with Crippen molar-refractivity contribution in [2.24, 2.45) is 23.7 Å². The third-order valence-corrected chi connectivity index (χ3v) is 5.81. The normalized spacial score (nSPS) is 27.0. The van der Waals surface area contributed by atoms with Gasteiger partial charge in [-0.15, -0.1) is 0 Å². The second-order valence-electron chi connectivity index (χ2n) is 7.51. The van der Waals surface area contributed by atoms with Crippen molar-refractivity contribution in [3.05, 3.63) is 24.1 Å². The summed E-state index contributed by atoms with van der Waals surface area (Å²) in [7, 11) is 0. The largest absolute Gasteiger partial charge is 0.426 e. The predicted octanol–water partition coefficient (Wildman–Crippen LogP) is 6.55. The van der Waals surface area contributed by atoms with E-state index in [4.69, 9.17) is 0 Å². The van der Waals surface area contributed by atoms with E-state index in [2.05, 4.69) is 0 Å². The highest BCUT2D eigenvalue weighted by Crippen LogP contribution is 2.55. The molecule has 0 aliphatic heterocycles. The smallest absolute Gasteiger partial charge is 0.373 e. The summed E-state index contributed by atoms with van der Waals surface area (Å²) in [6, 6.07) is 0. The van der Waals surface area contributed by atoms with Gasteiger partial charge in [-0.1, -0.05) is 18.6 Å². The molecule has 0 amide bonds. The zero-order chi connectivity index (χ0) is 22.4. The van der Waals surface area contributed by atoms with Gasteiger partial charge >= 0.3 is 24.4 Å². The molecule has 2 rings (SSSR count). The summed E-state index contributed by atoms with van der Waals surface area (Å²) >= 11 is 0. The van der Waals surface area contributed by atoms with E-state index in [-0.39, 0.29) is 11.8 Å². The van der Waals surface area contributed by atoms with Gasteiger partial charge in [0, 0.05) is 0 Å². The predicted molar refractivity (Wildman–Crippen MR) is 78.5 cm³/mol. The van der Waals surface area contributed by atoms with Crippen LogP contribution in [0.5, 0.6) is 0 Å². The molecule has 2 bridgehead atoms. The van der Waals surface area contributed by atoms with Crippen LogP contribution in [0, 0.1) is 23.7 Å². The molecule has 0 radical (unpaired) electrons. The molecule has 2 fully saturated rings. The molecular weight excluding hydrogens is 429 g/mol. The zero-order valence-corrected chi connectivity index (χ0v) is 14.6. The minimum Gasteiger partial charge on any atom is -0.373 e. The Bertz CT molecular complexity index is 643. The standard InChI is InChI=1S/C17H17F11O/c18-12(13(19)20)14(21,22)11(15(29,16(23,24)25)17(26,27)28)3-1-2-9-6-8-4-5-10(9)7-8/h1-2,8-11,29H,3-7H2/b2-1+. The lowest BCUT2D eigenvalue weighted by Crippen LogP contribution is -2.65. The molecule has 0 aromatic rings. The van der Waals surface area contributed by atoms with Crippen molar-refractivity contribution in [1.29, 1.82) is 0 Å². The lowest BCUT2D eigenvalue weighted by Gasteiger charge is -2.41. The second-order valence-corrected chi connectivity index (χ2v) is 7.51. The van der Waals surface area contributed by atoms with E-state index in [1.54, 1.807) is 0 Å². The average Bonchev–Trinajstić information content (AvgIpc) is 3.17. The molecule has 2 aliphatic rings. The topological polar surface area (TPSA) is 20.2 Å². The minimum absolute atomic E-state index is 0.0965. The van der Waals surface area contributed by atoms with Gasteiger partial charge < -0.3 is 5.11 Å². The van der Waals surface area contributed by atoms with Crippen LogP contribution < -0.4 is 0 Å². The fourth-order valence-electron chi connectivity index (χ4n) is 4.33. The monoisotopic (exact) mass is 446 g/mol. The highest BCUT2D eigenvalue weighted by atomic mass is 19.4. The minimum atomic E-state index is -6.73. The Morgan fingerprint density at radius 3 is 1.83 bits per heavy atom. The average molecular weight is 446 g/mol. The molecule has 0 saturated heterocycles. The number of aliphatic hydroxyl groups is 1. The molecular formula is C17H17F11O. The molecule has 1 nitrogen and oxygen atoms in total. The van der Waals surface area contributed by atoms with E-state index in [0.29, 0.717) is 18.4 Å². The Hall–Kier alpha value is -1.33. The molecule has 0 aromatic heterocycles. The first-order valence-corrected chi connectivity index (χ1v) is 8.65. The fraction of sp³-hybridized carbons (Fsp3) is 0.765. The number of alkyl halides is 8. The Morgan fingerprint density at radius 2 is 1.45 bits per heavy atom. The molecule has 0 heterocycles. The second kappa shape index (κ2) is 7.73. The quantitative estimate of drug-likeness (QED) is 0.362. The number of halogens is 11. The van der Waals surface area contributed by atoms with Gasteiger partial charge in [0.1, 0.15) is 0 Å². The van der Waals surface area contributed by atoms with Gasteiger partial charge in [0.05, 0.1) is 5.92 Å². The Morgan fingerprint density at radius 1 is 0.897 bits per heavy atom. The summed E-state index contributed by atoms with van der Waals surface area (Å²) in [6.07, 6.45) is -14.3. The van der Waals surface area contributed by atoms with Gasteiger partial charge in [-0.2, -0.15) is 48.3 Å². The summed E-state index contributed by atoms with van der Waals surface area (Å²) < 4.78 is 144. The van der Waals surface area contributed by atoms with Gasteiger partial charge in [0.15, 0.2) is 0 Å². The van der Waals surface area contributed by atoms with Crippen LogP contribution in [0.2, 0.25) is 0 Å². The lowest BCUT2D eigenvalue weighted by molar-refractivity contribution is -0.399. The number of allylic oxidation sites excluding steroid dienone is 3. The van der Waals surface area contributed by atoms with Crippen molar-refractivity contribution in [3.63, 3.8) is 0 Å². The molecule has 0 spiro atoms. The van der Waals surface area contributed by atoms with Gasteiger partial charge in [0.25, 0.3) is 5.60 Å². The molecule has 168 valence electrons. The molecule has 29 heavy (non-hydrogen) atoms. The number of hydrogen-bond donors (Lipinski definition) is 1. The highest BCUT2D eigenvalue weighted by Gasteiger charge is 2.78. The SMILES string of the molecule is OC(C(C/C=C/C1CC2CCC1C2)C(F)(F)C(F)=C(F)F)(C(F)(F)F)C(F)(F)F. The van der Waals surface area contributed by atoms with Crippen LogP contribution in [0.4, 0.5) is 48.3 Å². The summed E-state index contributed by atoms with van der Waals surface area (Å²) in [4.78, 5) is 0. The molecule has 12 heteroatoms. The maximum atomic E-state index is 14.0. The summed E-state index contributed by atoms with van der Waals surface area (Å²) in [6.45, 7) is 0. The first-order valence-electron chi connectivity index (χ1n) is 8.65. The maximum absolute atomic E-state index is 14.0. The van der Waals surface area contributed by atoms with Gasteiger partial charge in [-0.05, 0) is 43.4 Å². The van der Waals surface area contributed by atoms with Crippen LogP contribution in [0.3, 0.4) is 0 Å². The number of hydrogen-bond acceptors (Lipinski definition) is 1. The summed E-state index contributed by atoms with van der Waals surface area (Å²) in [5, 5.41) is 9.31. The molecule has 0 aromatic carbocycles. The molecule has 4 unspecified atom stereocenters. The van der Waals surface area contributed by atoms with E-state index in [0.717, 1.165) is 25.3 Å². The Kier molecular flexibility index (Phi) is 6.39. The van der Waals surface area contributed by atoms with Gasteiger partial charge in [-0.3, -0.25) is 0 Å². The highest BCUT2D eigenvalue weighted by molar-refractivity contribution is 5.16. The van der Waals surface area contributed by atoms with Crippen LogP contribution in [-0.2, 0) is 0 Å². The van der Waals surface area contributed by atoms with Gasteiger partial charge in [-0.25, -0.2) is 0 Å². The van der Waals surface area contributed by atoms with Crippen LogP contribution in [0.1, 0.15) is 32.1 Å². The first kappa shape index (κ1) is 23.9. The van der Waals surface area contributed by atoms with Crippen molar-refractivity contribution in [3.8, 4) is 0 Å². The van der Waals surface area contributed by atoms with Crippen molar-refractivity contribution in [2.45, 2.75) is 56.0 Å². The number of fused-ring (bicyclic) bond motifs is 2. The van der Waals surface area contributed by atoms with Crippen LogP contribution in [0.15, 0.2) is 24.1 Å². The van der Waals surface area contributed by atoms with E-state index in [9.17, 15) is 53.4 Å². The van der Waals surface area contributed by atoms with Crippen LogP contribution >= 0.6 is 0 Å². The zero-order valence-electron chi connectivity index (χ0n) is 14.6. The summed E-state index contributed by atoms with van der Waals surface area (Å²) in [5.74, 6) is -13.8. The molecule has 2 aliphatic carbocycles. The van der Waals surface area contributed by atoms with Crippen molar-refractivity contribution in [1.82, 2.24) is 0 Å². The third-order valence-electron chi connectivity index (χ3n) is 5.81. The van der Waals surface area contributed by atoms with Gasteiger partial charge in [0.2, 0.25) is 5.83 Å². The van der Waals surface area contributed by atoms with E-state index in [1.807, 2.05) is 0 Å². The first-order chi connectivity index (χ1) is 13.0. The van der Waals surface area contributed by atoms with E-state index in [1.165, 1.54) is 0 Å². The van der Waals surface area contributed by atoms with E-state index >= 15 is 0 Å².